The monoisotopic (exact) mass is 510 g/mol. The number of rotatable bonds is 5. The molecule has 1 aromatic heterocycles. The van der Waals surface area contributed by atoms with Gasteiger partial charge in [0.2, 0.25) is 5.91 Å². The fraction of sp³-hybridized carbons (Fsp3) is 0.286. The van der Waals surface area contributed by atoms with Crippen molar-refractivity contribution in [3.63, 3.8) is 0 Å². The number of thioether (sulfide) groups is 1. The fourth-order valence-corrected chi connectivity index (χ4v) is 3.88. The number of hydrogen-bond acceptors (Lipinski definition) is 8. The minimum absolute atomic E-state index is 0.141. The molecule has 186 valence electrons. The Bertz CT molecular complexity index is 1210. The summed E-state index contributed by atoms with van der Waals surface area (Å²) in [6.07, 6.45) is -4.58. The number of carbonyl (C=O) groups excluding carboxylic acids is 3. The van der Waals surface area contributed by atoms with E-state index in [4.69, 9.17) is 10.5 Å². The molecule has 0 aliphatic carbocycles. The topological polar surface area (TPSA) is 148 Å². The molecule has 0 atom stereocenters. The van der Waals surface area contributed by atoms with Gasteiger partial charge in [-0.1, -0.05) is 11.8 Å². The molecule has 0 saturated heterocycles. The number of aromatic nitrogens is 2. The summed E-state index contributed by atoms with van der Waals surface area (Å²) in [6, 6.07) is 5.42. The lowest BCUT2D eigenvalue weighted by molar-refractivity contribution is -0.141. The Morgan fingerprint density at radius 1 is 1.17 bits per heavy atom. The van der Waals surface area contributed by atoms with Crippen molar-refractivity contribution < 1.29 is 32.3 Å². The summed E-state index contributed by atoms with van der Waals surface area (Å²) in [5.74, 6) is -2.01. The van der Waals surface area contributed by atoms with Crippen LogP contribution in [0.15, 0.2) is 40.4 Å². The number of primary amides is 1. The summed E-state index contributed by atoms with van der Waals surface area (Å²) in [5.41, 5.74) is 4.09. The molecule has 0 bridgehead atoms. The smallest absolute Gasteiger partial charge is 0.433 e. The Labute approximate surface area is 201 Å². The van der Waals surface area contributed by atoms with Gasteiger partial charge < -0.3 is 26.4 Å². The van der Waals surface area contributed by atoms with E-state index in [1.165, 1.54) is 0 Å². The van der Waals surface area contributed by atoms with Gasteiger partial charge in [-0.25, -0.2) is 14.8 Å². The Balaban J connectivity index is 1.75. The van der Waals surface area contributed by atoms with Gasteiger partial charge in [0.25, 0.3) is 5.91 Å². The van der Waals surface area contributed by atoms with E-state index in [9.17, 15) is 27.6 Å². The van der Waals surface area contributed by atoms with Crippen LogP contribution in [0.3, 0.4) is 0 Å². The van der Waals surface area contributed by atoms with Gasteiger partial charge in [-0.15, -0.1) is 0 Å². The number of ether oxygens (including phenoxy) is 1. The van der Waals surface area contributed by atoms with Crippen molar-refractivity contribution >= 4 is 46.6 Å². The van der Waals surface area contributed by atoms with Crippen LogP contribution >= 0.6 is 11.8 Å². The van der Waals surface area contributed by atoms with Crippen molar-refractivity contribution in [2.24, 2.45) is 5.73 Å². The molecular weight excluding hydrogens is 489 g/mol. The van der Waals surface area contributed by atoms with Gasteiger partial charge in [0.15, 0.2) is 5.82 Å². The van der Waals surface area contributed by atoms with Crippen LogP contribution < -0.4 is 21.7 Å². The third-order valence-electron chi connectivity index (χ3n) is 4.16. The van der Waals surface area contributed by atoms with Crippen LogP contribution in [0.2, 0.25) is 0 Å². The average Bonchev–Trinajstić information content (AvgIpc) is 3.13. The number of fused-ring (bicyclic) bond motifs is 1. The van der Waals surface area contributed by atoms with Crippen molar-refractivity contribution in [3.8, 4) is 0 Å². The van der Waals surface area contributed by atoms with Crippen molar-refractivity contribution in [1.29, 1.82) is 0 Å². The molecule has 1 aliphatic rings. The van der Waals surface area contributed by atoms with E-state index in [2.05, 4.69) is 25.9 Å². The zero-order chi connectivity index (χ0) is 26.0. The number of benzene rings is 1. The maximum absolute atomic E-state index is 13.0. The molecule has 0 fully saturated rings. The second-order valence-electron chi connectivity index (χ2n) is 8.17. The highest BCUT2D eigenvalue weighted by Crippen LogP contribution is 2.44. The summed E-state index contributed by atoms with van der Waals surface area (Å²) >= 11 is 1.01. The van der Waals surface area contributed by atoms with E-state index in [1.807, 2.05) is 0 Å². The largest absolute Gasteiger partial charge is 0.444 e. The first-order valence-corrected chi connectivity index (χ1v) is 10.8. The zero-order valence-corrected chi connectivity index (χ0v) is 19.6. The van der Waals surface area contributed by atoms with Gasteiger partial charge in [0.05, 0.1) is 10.7 Å². The maximum atomic E-state index is 13.0. The molecule has 0 saturated carbocycles. The third-order valence-corrected chi connectivity index (χ3v) is 5.23. The maximum Gasteiger partial charge on any atom is 0.433 e. The quantitative estimate of drug-likeness (QED) is 0.448. The highest BCUT2D eigenvalue weighted by Gasteiger charge is 2.34. The van der Waals surface area contributed by atoms with Crippen LogP contribution in [-0.2, 0) is 20.5 Å². The number of carbonyl (C=O) groups is 3. The molecule has 0 spiro atoms. The highest BCUT2D eigenvalue weighted by atomic mass is 32.2. The standard InChI is InChI=1S/C21H21F3N6O4S/c1-20(2,3)34-19(33)27-9-14(31)28-10-4-5-11-12(8-10)35-18(29-11)15(16(25)32)17-26-7-6-13(30-17)21(22,23)24/h4-8,29H,9H2,1-3H3,(H2,25,32)(H,27,33)(H,28,31). The SMILES string of the molecule is CC(C)(C)OC(=O)NCC(=O)Nc1ccc2c(c1)SC(=C(C(N)=O)c1nccc(C(F)(F)F)n1)N2. The Morgan fingerprint density at radius 3 is 2.51 bits per heavy atom. The number of hydrogen-bond donors (Lipinski definition) is 4. The van der Waals surface area contributed by atoms with Crippen LogP contribution in [0.4, 0.5) is 29.3 Å². The molecule has 1 aromatic carbocycles. The zero-order valence-electron chi connectivity index (χ0n) is 18.7. The molecule has 0 unspecified atom stereocenters. The predicted molar refractivity (Wildman–Crippen MR) is 122 cm³/mol. The molecule has 14 heteroatoms. The van der Waals surface area contributed by atoms with E-state index in [0.717, 1.165) is 18.0 Å². The second-order valence-corrected chi connectivity index (χ2v) is 9.23. The van der Waals surface area contributed by atoms with Crippen LogP contribution in [0.25, 0.3) is 5.57 Å². The van der Waals surface area contributed by atoms with E-state index in [1.54, 1.807) is 39.0 Å². The molecule has 10 nitrogen and oxygen atoms in total. The summed E-state index contributed by atoms with van der Waals surface area (Å²) in [6.45, 7) is 4.73. The molecule has 2 heterocycles. The predicted octanol–water partition coefficient (Wildman–Crippen LogP) is 3.33. The molecule has 35 heavy (non-hydrogen) atoms. The van der Waals surface area contributed by atoms with Crippen LogP contribution in [0.1, 0.15) is 32.3 Å². The minimum atomic E-state index is -4.73. The second kappa shape index (κ2) is 9.82. The van der Waals surface area contributed by atoms with Crippen LogP contribution in [0.5, 0.6) is 0 Å². The first-order valence-electron chi connectivity index (χ1n) is 10.0. The van der Waals surface area contributed by atoms with E-state index >= 15 is 0 Å². The van der Waals surface area contributed by atoms with E-state index < -0.39 is 41.2 Å². The molecule has 5 N–H and O–H groups in total. The minimum Gasteiger partial charge on any atom is -0.444 e. The Hall–Kier alpha value is -3.81. The van der Waals surface area contributed by atoms with Gasteiger partial charge >= 0.3 is 12.3 Å². The number of nitrogens with two attached hydrogens (primary N) is 1. The number of halogens is 3. The summed E-state index contributed by atoms with van der Waals surface area (Å²) < 4.78 is 44.2. The first-order chi connectivity index (χ1) is 16.2. The molecule has 0 radical (unpaired) electrons. The lowest BCUT2D eigenvalue weighted by Crippen LogP contribution is -2.37. The van der Waals surface area contributed by atoms with Gasteiger partial charge in [-0.05, 0) is 45.0 Å². The number of alkyl carbamates (subject to hydrolysis) is 1. The van der Waals surface area contributed by atoms with Crippen molar-refractivity contribution in [2.45, 2.75) is 37.4 Å². The lowest BCUT2D eigenvalue weighted by atomic mass is 10.2. The lowest BCUT2D eigenvalue weighted by Gasteiger charge is -2.19. The van der Waals surface area contributed by atoms with Gasteiger partial charge in [-0.2, -0.15) is 13.2 Å². The van der Waals surface area contributed by atoms with Gasteiger partial charge in [-0.3, -0.25) is 9.59 Å². The third kappa shape index (κ3) is 6.85. The van der Waals surface area contributed by atoms with Crippen molar-refractivity contribution in [1.82, 2.24) is 15.3 Å². The summed E-state index contributed by atoms with van der Waals surface area (Å²) in [4.78, 5) is 43.7. The van der Waals surface area contributed by atoms with Gasteiger partial charge in [0, 0.05) is 16.8 Å². The number of alkyl halides is 3. The number of anilines is 2. The molecule has 1 aliphatic heterocycles. The highest BCUT2D eigenvalue weighted by molar-refractivity contribution is 8.04. The molecule has 2 aromatic rings. The van der Waals surface area contributed by atoms with Crippen LogP contribution in [-0.4, -0.2) is 40.0 Å². The van der Waals surface area contributed by atoms with Crippen LogP contribution in [0, 0.1) is 0 Å². The Morgan fingerprint density at radius 2 is 1.89 bits per heavy atom. The summed E-state index contributed by atoms with van der Waals surface area (Å²) in [7, 11) is 0. The average molecular weight is 510 g/mol. The fourth-order valence-electron chi connectivity index (χ4n) is 2.79. The Kier molecular flexibility index (Phi) is 7.24. The number of nitrogens with one attached hydrogen (secondary N) is 3. The normalized spacial score (nSPS) is 14.5. The molecule has 3 amide bonds. The van der Waals surface area contributed by atoms with E-state index in [-0.39, 0.29) is 17.1 Å². The number of nitrogens with zero attached hydrogens (tertiary/aromatic N) is 2. The number of amides is 3. The first kappa shape index (κ1) is 25.8. The molecular formula is C21H21F3N6O4S. The molecule has 3 rings (SSSR count). The van der Waals surface area contributed by atoms with E-state index in [0.29, 0.717) is 22.3 Å². The van der Waals surface area contributed by atoms with Crippen molar-refractivity contribution in [3.05, 3.63) is 47.0 Å². The summed E-state index contributed by atoms with van der Waals surface area (Å²) in [5, 5.41) is 7.99. The van der Waals surface area contributed by atoms with Crippen molar-refractivity contribution in [2.75, 3.05) is 17.2 Å². The van der Waals surface area contributed by atoms with Gasteiger partial charge in [0.1, 0.15) is 23.4 Å².